The first-order valence-electron chi connectivity index (χ1n) is 6.53. The van der Waals surface area contributed by atoms with Gasteiger partial charge in [-0.25, -0.2) is 13.4 Å². The van der Waals surface area contributed by atoms with Gasteiger partial charge in [0.1, 0.15) is 5.82 Å². The highest BCUT2D eigenvalue weighted by Gasteiger charge is 2.29. The third-order valence-corrected chi connectivity index (χ3v) is 5.87. The number of benzene rings is 1. The molecule has 0 aliphatic rings. The lowest BCUT2D eigenvalue weighted by atomic mass is 10.2. The molecule has 0 amide bonds. The van der Waals surface area contributed by atoms with Crippen LogP contribution in [0.2, 0.25) is 0 Å². The van der Waals surface area contributed by atoms with E-state index in [4.69, 9.17) is 0 Å². The number of nitrogens with zero attached hydrogens (tertiary/aromatic N) is 2. The number of nitrogens with one attached hydrogen (secondary N) is 1. The fourth-order valence-corrected chi connectivity index (χ4v) is 2.32. The van der Waals surface area contributed by atoms with Crippen molar-refractivity contribution >= 4 is 20.9 Å². The van der Waals surface area contributed by atoms with Crippen molar-refractivity contribution in [3.63, 3.8) is 0 Å². The first-order valence-corrected chi connectivity index (χ1v) is 8.42. The second-order valence-corrected chi connectivity index (χ2v) is 8.36. The summed E-state index contributed by atoms with van der Waals surface area (Å²) in [5.41, 5.74) is 2.03. The molecule has 0 aliphatic carbocycles. The molecule has 2 aromatic rings. The monoisotopic (exact) mass is 295 g/mol. The number of aromatic nitrogens is 2. The van der Waals surface area contributed by atoms with Gasteiger partial charge in [0, 0.05) is 19.8 Å². The normalized spacial score (nSPS) is 13.0. The Labute approximate surface area is 119 Å². The maximum atomic E-state index is 11.6. The van der Waals surface area contributed by atoms with Gasteiger partial charge in [0.05, 0.1) is 22.3 Å². The zero-order valence-corrected chi connectivity index (χ0v) is 13.2. The van der Waals surface area contributed by atoms with Gasteiger partial charge in [-0.05, 0) is 26.0 Å². The van der Waals surface area contributed by atoms with Crippen molar-refractivity contribution in [3.05, 3.63) is 30.1 Å². The minimum atomic E-state index is -3.08. The third kappa shape index (κ3) is 2.86. The molecule has 0 saturated heterocycles. The lowest BCUT2D eigenvalue weighted by Gasteiger charge is -2.22. The van der Waals surface area contributed by atoms with E-state index in [-0.39, 0.29) is 0 Å². The molecule has 0 unspecified atom stereocenters. The molecule has 0 atom stereocenters. The maximum Gasteiger partial charge on any atom is 0.153 e. The summed E-state index contributed by atoms with van der Waals surface area (Å²) in [5, 5.41) is 3.19. The molecule has 0 saturated carbocycles. The topological polar surface area (TPSA) is 64.0 Å². The predicted molar refractivity (Wildman–Crippen MR) is 81.3 cm³/mol. The second-order valence-electron chi connectivity index (χ2n) is 5.71. The van der Waals surface area contributed by atoms with Crippen LogP contribution in [0.25, 0.3) is 11.0 Å². The average molecular weight is 295 g/mol. The molecule has 110 valence electrons. The van der Waals surface area contributed by atoms with Gasteiger partial charge in [-0.1, -0.05) is 12.1 Å². The summed E-state index contributed by atoms with van der Waals surface area (Å²) in [6, 6.07) is 7.93. The number of hydrogen-bond acceptors (Lipinski definition) is 4. The van der Waals surface area contributed by atoms with Gasteiger partial charge in [0.25, 0.3) is 0 Å². The van der Waals surface area contributed by atoms with Gasteiger partial charge in [-0.2, -0.15) is 0 Å². The van der Waals surface area contributed by atoms with Crippen LogP contribution in [0.4, 0.5) is 0 Å². The van der Waals surface area contributed by atoms with Crippen LogP contribution in [0.3, 0.4) is 0 Å². The molecule has 2 rings (SSSR count). The Morgan fingerprint density at radius 1 is 1.30 bits per heavy atom. The summed E-state index contributed by atoms with van der Waals surface area (Å²) in [5.74, 6) is 0.899. The van der Waals surface area contributed by atoms with Crippen LogP contribution in [0.5, 0.6) is 0 Å². The standard InChI is InChI=1S/C14H21N3O2S/c1-14(2,20(4,18)19)10-15-9-13-16-11-7-5-6-8-12(11)17(13)3/h5-8,15H,9-10H2,1-4H3. The Bertz CT molecular complexity index is 717. The molecule has 1 heterocycles. The van der Waals surface area contributed by atoms with E-state index in [0.29, 0.717) is 13.1 Å². The first kappa shape index (κ1) is 15.0. The van der Waals surface area contributed by atoms with Crippen molar-refractivity contribution in [2.75, 3.05) is 12.8 Å². The van der Waals surface area contributed by atoms with Crippen LogP contribution in [-0.4, -0.2) is 35.5 Å². The number of para-hydroxylation sites is 2. The van der Waals surface area contributed by atoms with Gasteiger partial charge in [0.15, 0.2) is 9.84 Å². The summed E-state index contributed by atoms with van der Waals surface area (Å²) in [6.07, 6.45) is 1.27. The minimum Gasteiger partial charge on any atom is -0.330 e. The highest BCUT2D eigenvalue weighted by Crippen LogP contribution is 2.16. The van der Waals surface area contributed by atoms with Gasteiger partial charge in [-0.15, -0.1) is 0 Å². The fourth-order valence-electron chi connectivity index (χ4n) is 1.96. The van der Waals surface area contributed by atoms with Crippen LogP contribution < -0.4 is 5.32 Å². The van der Waals surface area contributed by atoms with Crippen LogP contribution >= 0.6 is 0 Å². The summed E-state index contributed by atoms with van der Waals surface area (Å²) < 4.78 is 24.5. The van der Waals surface area contributed by atoms with Crippen LogP contribution in [-0.2, 0) is 23.4 Å². The highest BCUT2D eigenvalue weighted by molar-refractivity contribution is 7.92. The molecule has 0 spiro atoms. The molecule has 0 bridgehead atoms. The molecule has 0 aliphatic heterocycles. The zero-order valence-electron chi connectivity index (χ0n) is 12.3. The van der Waals surface area contributed by atoms with Crippen LogP contribution in [0, 0.1) is 0 Å². The molecule has 1 aromatic heterocycles. The smallest absolute Gasteiger partial charge is 0.153 e. The molecule has 1 N–H and O–H groups in total. The fraction of sp³-hybridized carbons (Fsp3) is 0.500. The highest BCUT2D eigenvalue weighted by atomic mass is 32.2. The largest absolute Gasteiger partial charge is 0.330 e. The summed E-state index contributed by atoms with van der Waals surface area (Å²) in [4.78, 5) is 4.55. The quantitative estimate of drug-likeness (QED) is 0.907. The minimum absolute atomic E-state index is 0.398. The van der Waals surface area contributed by atoms with E-state index in [1.54, 1.807) is 13.8 Å². The number of rotatable bonds is 5. The van der Waals surface area contributed by atoms with Crippen molar-refractivity contribution in [1.82, 2.24) is 14.9 Å². The van der Waals surface area contributed by atoms with E-state index >= 15 is 0 Å². The van der Waals surface area contributed by atoms with E-state index in [1.165, 1.54) is 6.26 Å². The zero-order chi connectivity index (χ0) is 15.0. The Kier molecular flexibility index (Phi) is 3.88. The number of fused-ring (bicyclic) bond motifs is 1. The first-order chi connectivity index (χ1) is 9.22. The van der Waals surface area contributed by atoms with Gasteiger partial charge >= 0.3 is 0 Å². The Balaban J connectivity index is 2.09. The molecule has 20 heavy (non-hydrogen) atoms. The van der Waals surface area contributed by atoms with Crippen molar-refractivity contribution in [2.45, 2.75) is 25.1 Å². The Hall–Kier alpha value is -1.40. The van der Waals surface area contributed by atoms with Crippen molar-refractivity contribution in [2.24, 2.45) is 7.05 Å². The van der Waals surface area contributed by atoms with E-state index < -0.39 is 14.6 Å². The van der Waals surface area contributed by atoms with Crippen molar-refractivity contribution in [3.8, 4) is 0 Å². The lowest BCUT2D eigenvalue weighted by Crippen LogP contribution is -2.41. The Morgan fingerprint density at radius 2 is 1.95 bits per heavy atom. The molecule has 0 radical (unpaired) electrons. The average Bonchev–Trinajstić information content (AvgIpc) is 2.66. The number of imidazole rings is 1. The molecule has 0 fully saturated rings. The van der Waals surface area contributed by atoms with Crippen LogP contribution in [0.1, 0.15) is 19.7 Å². The summed E-state index contributed by atoms with van der Waals surface area (Å²) >= 11 is 0. The maximum absolute atomic E-state index is 11.6. The van der Waals surface area contributed by atoms with E-state index in [9.17, 15) is 8.42 Å². The summed E-state index contributed by atoms with van der Waals surface area (Å²) in [7, 11) is -1.11. The number of aryl methyl sites for hydroxylation is 1. The molecule has 1 aromatic carbocycles. The summed E-state index contributed by atoms with van der Waals surface area (Å²) in [6.45, 7) is 4.40. The third-order valence-electron chi connectivity index (χ3n) is 3.72. The van der Waals surface area contributed by atoms with E-state index in [0.717, 1.165) is 16.9 Å². The molecule has 5 nitrogen and oxygen atoms in total. The van der Waals surface area contributed by atoms with Gasteiger partial charge in [-0.3, -0.25) is 0 Å². The number of hydrogen-bond donors (Lipinski definition) is 1. The van der Waals surface area contributed by atoms with E-state index in [2.05, 4.69) is 10.3 Å². The SMILES string of the molecule is Cn1c(CNCC(C)(C)S(C)(=O)=O)nc2ccccc21. The molecular weight excluding hydrogens is 274 g/mol. The lowest BCUT2D eigenvalue weighted by molar-refractivity contribution is 0.515. The van der Waals surface area contributed by atoms with E-state index in [1.807, 2.05) is 35.9 Å². The Morgan fingerprint density at radius 3 is 2.55 bits per heavy atom. The van der Waals surface area contributed by atoms with Crippen molar-refractivity contribution < 1.29 is 8.42 Å². The van der Waals surface area contributed by atoms with Crippen LogP contribution in [0.15, 0.2) is 24.3 Å². The number of sulfone groups is 1. The van der Waals surface area contributed by atoms with Crippen molar-refractivity contribution in [1.29, 1.82) is 0 Å². The van der Waals surface area contributed by atoms with Gasteiger partial charge in [0.2, 0.25) is 0 Å². The molecular formula is C14H21N3O2S. The molecule has 6 heteroatoms. The van der Waals surface area contributed by atoms with Gasteiger partial charge < -0.3 is 9.88 Å². The second kappa shape index (κ2) is 5.18. The predicted octanol–water partition coefficient (Wildman–Crippen LogP) is 1.49.